The third-order valence-electron chi connectivity index (χ3n) is 5.46. The number of aromatic nitrogens is 4. The third kappa shape index (κ3) is 4.05. The second-order valence-corrected chi connectivity index (χ2v) is 7.37. The van der Waals surface area contributed by atoms with Crippen LogP contribution in [-0.4, -0.2) is 53.1 Å². The number of fused-ring (bicyclic) bond motifs is 1. The van der Waals surface area contributed by atoms with E-state index in [4.69, 9.17) is 4.74 Å². The standard InChI is InChI=1S/C19H27FN6O/c1-2-7-24-8-9-25(18-12-16(20)3-4-17(18)24)14-19-21-22-23-26(19)13-15-5-10-27-11-6-15/h3-4,12,15H,2,5-11,13-14H2,1H3. The van der Waals surface area contributed by atoms with E-state index in [-0.39, 0.29) is 5.82 Å². The Morgan fingerprint density at radius 2 is 1.96 bits per heavy atom. The molecule has 0 atom stereocenters. The summed E-state index contributed by atoms with van der Waals surface area (Å²) in [4.78, 5) is 4.52. The molecular weight excluding hydrogens is 347 g/mol. The van der Waals surface area contributed by atoms with E-state index in [0.29, 0.717) is 12.5 Å². The SMILES string of the molecule is CCCN1CCN(Cc2nnnn2CC2CCOCC2)c2cc(F)ccc21. The van der Waals surface area contributed by atoms with Crippen molar-refractivity contribution >= 4 is 11.4 Å². The molecular formula is C19H27FN6O. The summed E-state index contributed by atoms with van der Waals surface area (Å²) in [5, 5.41) is 12.3. The van der Waals surface area contributed by atoms with Gasteiger partial charge in [-0.3, -0.25) is 0 Å². The molecule has 0 saturated carbocycles. The van der Waals surface area contributed by atoms with E-state index < -0.39 is 0 Å². The molecule has 0 aliphatic carbocycles. The maximum absolute atomic E-state index is 13.9. The fourth-order valence-corrected chi connectivity index (χ4v) is 3.99. The van der Waals surface area contributed by atoms with Gasteiger partial charge in [-0.2, -0.15) is 0 Å². The van der Waals surface area contributed by atoms with Gasteiger partial charge >= 0.3 is 0 Å². The number of hydrogen-bond donors (Lipinski definition) is 0. The van der Waals surface area contributed by atoms with Crippen LogP contribution in [0.15, 0.2) is 18.2 Å². The van der Waals surface area contributed by atoms with Crippen LogP contribution >= 0.6 is 0 Å². The molecule has 0 radical (unpaired) electrons. The largest absolute Gasteiger partial charge is 0.381 e. The summed E-state index contributed by atoms with van der Waals surface area (Å²) >= 11 is 0. The summed E-state index contributed by atoms with van der Waals surface area (Å²) in [7, 11) is 0. The van der Waals surface area contributed by atoms with Crippen LogP contribution in [0.3, 0.4) is 0 Å². The van der Waals surface area contributed by atoms with Crippen molar-refractivity contribution in [1.29, 1.82) is 0 Å². The van der Waals surface area contributed by atoms with Gasteiger partial charge < -0.3 is 14.5 Å². The molecule has 2 aliphatic rings. The average Bonchev–Trinajstić information content (AvgIpc) is 3.11. The van der Waals surface area contributed by atoms with Crippen molar-refractivity contribution in [2.75, 3.05) is 42.6 Å². The van der Waals surface area contributed by atoms with Gasteiger partial charge in [-0.1, -0.05) is 6.92 Å². The Morgan fingerprint density at radius 3 is 2.78 bits per heavy atom. The van der Waals surface area contributed by atoms with Gasteiger partial charge in [0.1, 0.15) is 5.82 Å². The molecule has 1 aromatic carbocycles. The van der Waals surface area contributed by atoms with Crippen LogP contribution in [0.4, 0.5) is 15.8 Å². The molecule has 0 unspecified atom stereocenters. The zero-order valence-electron chi connectivity index (χ0n) is 15.8. The fraction of sp³-hybridized carbons (Fsp3) is 0.632. The highest BCUT2D eigenvalue weighted by Gasteiger charge is 2.25. The van der Waals surface area contributed by atoms with Crippen molar-refractivity contribution < 1.29 is 9.13 Å². The zero-order valence-corrected chi connectivity index (χ0v) is 15.8. The highest BCUT2D eigenvalue weighted by Crippen LogP contribution is 2.34. The van der Waals surface area contributed by atoms with E-state index in [9.17, 15) is 4.39 Å². The molecule has 1 fully saturated rings. The topological polar surface area (TPSA) is 59.3 Å². The Labute approximate surface area is 159 Å². The van der Waals surface area contributed by atoms with Crippen LogP contribution in [0.25, 0.3) is 0 Å². The molecule has 0 amide bonds. The lowest BCUT2D eigenvalue weighted by Gasteiger charge is -2.38. The maximum atomic E-state index is 13.9. The Kier molecular flexibility index (Phi) is 5.52. The first kappa shape index (κ1) is 18.2. The van der Waals surface area contributed by atoms with Gasteiger partial charge in [0.25, 0.3) is 0 Å². The van der Waals surface area contributed by atoms with Gasteiger partial charge in [0, 0.05) is 39.4 Å². The quantitative estimate of drug-likeness (QED) is 0.774. The summed E-state index contributed by atoms with van der Waals surface area (Å²) in [6.07, 6.45) is 3.16. The number of anilines is 2. The zero-order chi connectivity index (χ0) is 18.6. The van der Waals surface area contributed by atoms with Crippen LogP contribution < -0.4 is 9.80 Å². The lowest BCUT2D eigenvalue weighted by Crippen LogP contribution is -2.41. The highest BCUT2D eigenvalue weighted by atomic mass is 19.1. The lowest BCUT2D eigenvalue weighted by molar-refractivity contribution is 0.0596. The first-order chi connectivity index (χ1) is 13.2. The fourth-order valence-electron chi connectivity index (χ4n) is 3.99. The van der Waals surface area contributed by atoms with Crippen LogP contribution in [0.1, 0.15) is 32.0 Å². The molecule has 2 aliphatic heterocycles. The Hall–Kier alpha value is -2.22. The first-order valence-corrected chi connectivity index (χ1v) is 9.87. The molecule has 0 bridgehead atoms. The third-order valence-corrected chi connectivity index (χ3v) is 5.46. The molecule has 0 N–H and O–H groups in total. The molecule has 0 spiro atoms. The van der Waals surface area contributed by atoms with Gasteiger partial charge in [-0.05, 0) is 53.8 Å². The smallest absolute Gasteiger partial charge is 0.170 e. The van der Waals surface area contributed by atoms with E-state index in [2.05, 4.69) is 32.2 Å². The normalized spacial score (nSPS) is 18.0. The van der Waals surface area contributed by atoms with Crippen LogP contribution in [-0.2, 0) is 17.8 Å². The number of tetrazole rings is 1. The van der Waals surface area contributed by atoms with Crippen molar-refractivity contribution in [3.05, 3.63) is 29.8 Å². The minimum atomic E-state index is -0.209. The number of ether oxygens (including phenoxy) is 1. The monoisotopic (exact) mass is 374 g/mol. The minimum absolute atomic E-state index is 0.209. The molecule has 2 aromatic rings. The number of halogens is 1. The van der Waals surface area contributed by atoms with Crippen LogP contribution in [0.5, 0.6) is 0 Å². The predicted octanol–water partition coefficient (Wildman–Crippen LogP) is 2.48. The van der Waals surface area contributed by atoms with Gasteiger partial charge in [0.05, 0.1) is 17.9 Å². The summed E-state index contributed by atoms with van der Waals surface area (Å²) in [6.45, 7) is 7.94. The second-order valence-electron chi connectivity index (χ2n) is 7.37. The summed E-state index contributed by atoms with van der Waals surface area (Å²) in [6, 6.07) is 5.06. The highest BCUT2D eigenvalue weighted by molar-refractivity contribution is 5.73. The second kappa shape index (κ2) is 8.21. The maximum Gasteiger partial charge on any atom is 0.170 e. The molecule has 7 nitrogen and oxygen atoms in total. The lowest BCUT2D eigenvalue weighted by atomic mass is 10.0. The average molecular weight is 374 g/mol. The Morgan fingerprint density at radius 1 is 1.15 bits per heavy atom. The molecule has 1 saturated heterocycles. The van der Waals surface area contributed by atoms with Crippen molar-refractivity contribution in [3.63, 3.8) is 0 Å². The first-order valence-electron chi connectivity index (χ1n) is 9.87. The molecule has 27 heavy (non-hydrogen) atoms. The molecule has 4 rings (SSSR count). The van der Waals surface area contributed by atoms with E-state index in [1.807, 2.05) is 10.7 Å². The summed E-state index contributed by atoms with van der Waals surface area (Å²) in [5.74, 6) is 1.17. The van der Waals surface area contributed by atoms with E-state index >= 15 is 0 Å². The molecule has 146 valence electrons. The van der Waals surface area contributed by atoms with Crippen molar-refractivity contribution in [2.45, 2.75) is 39.3 Å². The molecule has 3 heterocycles. The van der Waals surface area contributed by atoms with Crippen LogP contribution in [0, 0.1) is 11.7 Å². The van der Waals surface area contributed by atoms with Gasteiger partial charge in [-0.15, -0.1) is 5.10 Å². The van der Waals surface area contributed by atoms with Gasteiger partial charge in [0.2, 0.25) is 0 Å². The van der Waals surface area contributed by atoms with Crippen molar-refractivity contribution in [1.82, 2.24) is 20.2 Å². The van der Waals surface area contributed by atoms with Crippen molar-refractivity contribution in [2.24, 2.45) is 5.92 Å². The van der Waals surface area contributed by atoms with Gasteiger partial charge in [-0.25, -0.2) is 9.07 Å². The van der Waals surface area contributed by atoms with Crippen molar-refractivity contribution in [3.8, 4) is 0 Å². The number of nitrogens with zero attached hydrogens (tertiary/aromatic N) is 6. The van der Waals surface area contributed by atoms with E-state index in [0.717, 1.165) is 75.9 Å². The van der Waals surface area contributed by atoms with E-state index in [1.165, 1.54) is 0 Å². The Bertz CT molecular complexity index is 760. The summed E-state index contributed by atoms with van der Waals surface area (Å²) in [5.41, 5.74) is 2.02. The van der Waals surface area contributed by atoms with E-state index in [1.54, 1.807) is 12.1 Å². The predicted molar refractivity (Wildman–Crippen MR) is 101 cm³/mol. The summed E-state index contributed by atoms with van der Waals surface area (Å²) < 4.78 is 21.3. The molecule has 8 heteroatoms. The molecule has 1 aromatic heterocycles. The number of hydrogen-bond acceptors (Lipinski definition) is 6. The van der Waals surface area contributed by atoms with Crippen LogP contribution in [0.2, 0.25) is 0 Å². The number of rotatable bonds is 6. The van der Waals surface area contributed by atoms with Gasteiger partial charge in [0.15, 0.2) is 5.82 Å². The Balaban J connectivity index is 1.52. The minimum Gasteiger partial charge on any atom is -0.381 e. The number of benzene rings is 1.